The van der Waals surface area contributed by atoms with E-state index in [-0.39, 0.29) is 17.9 Å². The van der Waals surface area contributed by atoms with Crippen LogP contribution >= 0.6 is 0 Å². The van der Waals surface area contributed by atoms with Crippen molar-refractivity contribution < 1.29 is 19.5 Å². The van der Waals surface area contributed by atoms with Crippen molar-refractivity contribution in [2.75, 3.05) is 13.1 Å². The average molecular weight is 305 g/mol. The van der Waals surface area contributed by atoms with Crippen molar-refractivity contribution in [1.29, 1.82) is 0 Å². The third kappa shape index (κ3) is 4.56. The second-order valence-corrected chi connectivity index (χ2v) is 5.18. The largest absolute Gasteiger partial charge is 0.480 e. The van der Waals surface area contributed by atoms with Crippen LogP contribution in [0, 0.1) is 0 Å². The minimum atomic E-state index is -1.09. The number of carbonyl (C=O) groups excluding carboxylic acids is 2. The Morgan fingerprint density at radius 3 is 2.64 bits per heavy atom. The Morgan fingerprint density at radius 2 is 1.95 bits per heavy atom. The van der Waals surface area contributed by atoms with Gasteiger partial charge >= 0.3 is 5.97 Å². The van der Waals surface area contributed by atoms with Crippen molar-refractivity contribution in [1.82, 2.24) is 16.0 Å². The molecule has 1 fully saturated rings. The molecule has 0 saturated carbocycles. The Hall–Kier alpha value is -2.41. The Bertz CT molecular complexity index is 547. The van der Waals surface area contributed by atoms with Crippen LogP contribution in [-0.4, -0.2) is 48.1 Å². The Labute approximate surface area is 128 Å². The lowest BCUT2D eigenvalue weighted by atomic mass is 9.98. The molecule has 1 aromatic rings. The molecular formula is C15H19N3O4. The van der Waals surface area contributed by atoms with Gasteiger partial charge in [-0.2, -0.15) is 0 Å². The van der Waals surface area contributed by atoms with E-state index in [4.69, 9.17) is 5.11 Å². The van der Waals surface area contributed by atoms with E-state index in [0.717, 1.165) is 6.42 Å². The summed E-state index contributed by atoms with van der Waals surface area (Å²) in [6.45, 7) is 0.183. The van der Waals surface area contributed by atoms with E-state index in [1.54, 1.807) is 24.3 Å². The molecular weight excluding hydrogens is 286 g/mol. The first-order chi connectivity index (χ1) is 10.6. The zero-order chi connectivity index (χ0) is 15.9. The number of carboxylic acid groups (broad SMARTS) is 1. The topological polar surface area (TPSA) is 108 Å². The van der Waals surface area contributed by atoms with Gasteiger partial charge in [0.05, 0.1) is 6.04 Å². The first-order valence-electron chi connectivity index (χ1n) is 7.15. The fraction of sp³-hybridized carbons (Fsp3) is 0.400. The highest BCUT2D eigenvalue weighted by molar-refractivity contribution is 5.94. The van der Waals surface area contributed by atoms with Gasteiger partial charge in [0.1, 0.15) is 6.54 Å². The third-order valence-electron chi connectivity index (χ3n) is 3.51. The average Bonchev–Trinajstić information content (AvgIpc) is 2.53. The predicted octanol–water partition coefficient (Wildman–Crippen LogP) is -0.262. The molecule has 1 saturated heterocycles. The van der Waals surface area contributed by atoms with E-state index in [2.05, 4.69) is 16.0 Å². The molecule has 118 valence electrons. The lowest BCUT2D eigenvalue weighted by Crippen LogP contribution is -2.54. The number of hydrogen-bond acceptors (Lipinski definition) is 4. The maximum atomic E-state index is 12.1. The van der Waals surface area contributed by atoms with Crippen LogP contribution in [0.5, 0.6) is 0 Å². The van der Waals surface area contributed by atoms with Crippen molar-refractivity contribution >= 4 is 17.8 Å². The van der Waals surface area contributed by atoms with Gasteiger partial charge in [-0.1, -0.05) is 18.2 Å². The molecule has 2 amide bonds. The maximum absolute atomic E-state index is 12.1. The first-order valence-corrected chi connectivity index (χ1v) is 7.15. The van der Waals surface area contributed by atoms with Gasteiger partial charge in [0.25, 0.3) is 5.91 Å². The Kier molecular flexibility index (Phi) is 5.48. The summed E-state index contributed by atoms with van der Waals surface area (Å²) in [5.41, 5.74) is 0.577. The van der Waals surface area contributed by atoms with E-state index >= 15 is 0 Å². The smallest absolute Gasteiger partial charge is 0.322 e. The molecule has 2 atom stereocenters. The number of carbonyl (C=O) groups is 3. The van der Waals surface area contributed by atoms with E-state index in [9.17, 15) is 14.4 Å². The molecule has 0 aromatic heterocycles. The number of nitrogens with one attached hydrogen (secondary N) is 3. The van der Waals surface area contributed by atoms with Crippen LogP contribution < -0.4 is 16.0 Å². The number of piperidine rings is 1. The maximum Gasteiger partial charge on any atom is 0.322 e. The second-order valence-electron chi connectivity index (χ2n) is 5.18. The van der Waals surface area contributed by atoms with Crippen LogP contribution in [0.3, 0.4) is 0 Å². The van der Waals surface area contributed by atoms with Gasteiger partial charge in [0.15, 0.2) is 0 Å². The summed E-state index contributed by atoms with van der Waals surface area (Å²) < 4.78 is 0. The van der Waals surface area contributed by atoms with Crippen LogP contribution in [0.25, 0.3) is 0 Å². The summed E-state index contributed by atoms with van der Waals surface area (Å²) in [5.74, 6) is -1.61. The number of amides is 2. The summed E-state index contributed by atoms with van der Waals surface area (Å²) in [7, 11) is 0. The van der Waals surface area contributed by atoms with Crippen LogP contribution in [0.2, 0.25) is 0 Å². The molecule has 7 heteroatoms. The van der Waals surface area contributed by atoms with Gasteiger partial charge in [0, 0.05) is 11.6 Å². The molecule has 4 N–H and O–H groups in total. The molecule has 1 aliphatic heterocycles. The summed E-state index contributed by atoms with van der Waals surface area (Å²) in [6.07, 6.45) is 1.16. The molecule has 7 nitrogen and oxygen atoms in total. The van der Waals surface area contributed by atoms with Crippen molar-refractivity contribution in [3.8, 4) is 0 Å². The summed E-state index contributed by atoms with van der Waals surface area (Å²) >= 11 is 0. The molecule has 1 aliphatic rings. The minimum absolute atomic E-state index is 0.116. The van der Waals surface area contributed by atoms with Crippen LogP contribution in [0.15, 0.2) is 30.3 Å². The van der Waals surface area contributed by atoms with Crippen molar-refractivity contribution in [3.63, 3.8) is 0 Å². The lowest BCUT2D eigenvalue weighted by Gasteiger charge is -2.30. The van der Waals surface area contributed by atoms with Crippen molar-refractivity contribution in [3.05, 3.63) is 35.9 Å². The lowest BCUT2D eigenvalue weighted by molar-refractivity contribution is -0.138. The van der Waals surface area contributed by atoms with Crippen molar-refractivity contribution in [2.45, 2.75) is 24.9 Å². The molecule has 1 heterocycles. The monoisotopic (exact) mass is 305 g/mol. The van der Waals surface area contributed by atoms with Crippen LogP contribution in [0.1, 0.15) is 23.2 Å². The Morgan fingerprint density at radius 1 is 1.23 bits per heavy atom. The van der Waals surface area contributed by atoms with Crippen LogP contribution in [-0.2, 0) is 9.59 Å². The zero-order valence-corrected chi connectivity index (χ0v) is 12.0. The van der Waals surface area contributed by atoms with Gasteiger partial charge < -0.3 is 21.1 Å². The second kappa shape index (κ2) is 7.56. The highest BCUT2D eigenvalue weighted by atomic mass is 16.4. The van der Waals surface area contributed by atoms with E-state index in [0.29, 0.717) is 18.5 Å². The van der Waals surface area contributed by atoms with Gasteiger partial charge in [-0.3, -0.25) is 14.4 Å². The molecule has 0 unspecified atom stereocenters. The van der Waals surface area contributed by atoms with E-state index in [1.807, 2.05) is 6.07 Å². The number of hydrogen-bond donors (Lipinski definition) is 4. The highest BCUT2D eigenvalue weighted by Crippen LogP contribution is 2.10. The van der Waals surface area contributed by atoms with Crippen LogP contribution in [0.4, 0.5) is 0 Å². The predicted molar refractivity (Wildman–Crippen MR) is 79.4 cm³/mol. The quantitative estimate of drug-likeness (QED) is 0.599. The standard InChI is InChI=1S/C15H19N3O4/c19-13(20)9-17-15(22)12-8-11(6-7-16-12)18-14(21)10-4-2-1-3-5-10/h1-5,11-12,16H,6-9H2,(H,17,22)(H,18,21)(H,19,20)/t11-,12-/m0/s1. The number of benzene rings is 1. The molecule has 22 heavy (non-hydrogen) atoms. The SMILES string of the molecule is O=C(O)CNC(=O)[C@@H]1C[C@@H](NC(=O)c2ccccc2)CCN1. The van der Waals surface area contributed by atoms with E-state index < -0.39 is 18.6 Å². The summed E-state index contributed by atoms with van der Waals surface area (Å²) in [6, 6.07) is 8.27. The fourth-order valence-corrected chi connectivity index (χ4v) is 2.39. The van der Waals surface area contributed by atoms with Gasteiger partial charge in [0.2, 0.25) is 5.91 Å². The van der Waals surface area contributed by atoms with Gasteiger partial charge in [-0.05, 0) is 31.5 Å². The number of carboxylic acids is 1. The number of aliphatic carboxylic acids is 1. The molecule has 0 spiro atoms. The van der Waals surface area contributed by atoms with Crippen molar-refractivity contribution in [2.24, 2.45) is 0 Å². The highest BCUT2D eigenvalue weighted by Gasteiger charge is 2.28. The molecule has 2 rings (SSSR count). The van der Waals surface area contributed by atoms with E-state index in [1.165, 1.54) is 0 Å². The normalized spacial score (nSPS) is 20.9. The zero-order valence-electron chi connectivity index (χ0n) is 12.0. The Balaban J connectivity index is 1.86. The summed E-state index contributed by atoms with van der Waals surface area (Å²) in [5, 5.41) is 16.8. The van der Waals surface area contributed by atoms with Gasteiger partial charge in [-0.15, -0.1) is 0 Å². The molecule has 1 aromatic carbocycles. The minimum Gasteiger partial charge on any atom is -0.480 e. The van der Waals surface area contributed by atoms with Gasteiger partial charge in [-0.25, -0.2) is 0 Å². The summed E-state index contributed by atoms with van der Waals surface area (Å²) in [4.78, 5) is 34.4. The molecule has 0 aliphatic carbocycles. The third-order valence-corrected chi connectivity index (χ3v) is 3.51. The first kappa shape index (κ1) is 16.0. The number of rotatable bonds is 5. The molecule has 0 radical (unpaired) electrons. The fourth-order valence-electron chi connectivity index (χ4n) is 2.39. The molecule has 0 bridgehead atoms.